The highest BCUT2D eigenvalue weighted by Crippen LogP contribution is 2.18. The number of hydrogen-bond donors (Lipinski definition) is 2. The molecule has 0 spiro atoms. The maximum absolute atomic E-state index is 12.8. The average molecular weight is 474 g/mol. The van der Waals surface area contributed by atoms with Crippen LogP contribution in [0.15, 0.2) is 58.5 Å². The minimum atomic E-state index is -0.194. The van der Waals surface area contributed by atoms with Crippen LogP contribution in [0.2, 0.25) is 0 Å². The maximum Gasteiger partial charge on any atom is 0.191 e. The number of nitrogens with one attached hydrogen (secondary N) is 2. The zero-order chi connectivity index (χ0) is 17.0. The molecule has 0 aliphatic heterocycles. The number of guanidine groups is 1. The molecule has 25 heavy (non-hydrogen) atoms. The molecule has 0 saturated heterocycles. The number of nitrogens with zero attached hydrogens (tertiary/aromatic N) is 2. The minimum Gasteiger partial charge on any atom is -0.357 e. The fourth-order valence-corrected chi connectivity index (χ4v) is 2.85. The molecule has 1 aromatic heterocycles. The van der Waals surface area contributed by atoms with Crippen LogP contribution in [0, 0.1) is 5.82 Å². The minimum absolute atomic E-state index is 0. The van der Waals surface area contributed by atoms with Gasteiger partial charge in [-0.3, -0.25) is 4.98 Å². The molecule has 0 amide bonds. The molecule has 2 rings (SSSR count). The lowest BCUT2D eigenvalue weighted by atomic mass is 10.3. The van der Waals surface area contributed by atoms with E-state index >= 15 is 0 Å². The van der Waals surface area contributed by atoms with Crippen molar-refractivity contribution in [2.24, 2.45) is 4.99 Å². The SMILES string of the molecule is CCNC(=NCc1ccccn1)NCCCSc1ccc(F)cc1.I. The summed E-state index contributed by atoms with van der Waals surface area (Å²) in [5, 5.41) is 6.55. The van der Waals surface area contributed by atoms with E-state index in [1.165, 1.54) is 12.1 Å². The van der Waals surface area contributed by atoms with Crippen molar-refractivity contribution in [2.45, 2.75) is 24.8 Å². The molecule has 0 unspecified atom stereocenters. The van der Waals surface area contributed by atoms with Crippen molar-refractivity contribution in [3.63, 3.8) is 0 Å². The highest BCUT2D eigenvalue weighted by atomic mass is 127. The summed E-state index contributed by atoms with van der Waals surface area (Å²) in [6.45, 7) is 4.25. The van der Waals surface area contributed by atoms with Crippen molar-refractivity contribution in [3.8, 4) is 0 Å². The number of rotatable bonds is 8. The second kappa shape index (κ2) is 12.9. The molecule has 1 heterocycles. The molecule has 1 aromatic carbocycles. The molecule has 0 aliphatic carbocycles. The quantitative estimate of drug-likeness (QED) is 0.199. The standard InChI is InChI=1S/C18H23FN4S.HI/c1-2-20-18(23-14-16-6-3-4-11-21-16)22-12-5-13-24-17-9-7-15(19)8-10-17;/h3-4,6-11H,2,5,12-14H2,1H3,(H2,20,22,23);1H. The van der Waals surface area contributed by atoms with Gasteiger partial charge in [0.05, 0.1) is 12.2 Å². The van der Waals surface area contributed by atoms with Crippen LogP contribution in [0.1, 0.15) is 19.0 Å². The van der Waals surface area contributed by atoms with Crippen molar-refractivity contribution in [1.29, 1.82) is 0 Å². The van der Waals surface area contributed by atoms with E-state index < -0.39 is 0 Å². The third kappa shape index (κ3) is 9.06. The molecule has 2 N–H and O–H groups in total. The molecule has 0 radical (unpaired) electrons. The van der Waals surface area contributed by atoms with Crippen molar-refractivity contribution in [2.75, 3.05) is 18.8 Å². The van der Waals surface area contributed by atoms with Gasteiger partial charge in [-0.05, 0) is 55.5 Å². The van der Waals surface area contributed by atoms with Crippen LogP contribution in [-0.4, -0.2) is 29.8 Å². The largest absolute Gasteiger partial charge is 0.357 e. The number of pyridine rings is 1. The second-order valence-electron chi connectivity index (χ2n) is 5.10. The summed E-state index contributed by atoms with van der Waals surface area (Å²) in [5.41, 5.74) is 0.946. The summed E-state index contributed by atoms with van der Waals surface area (Å²) >= 11 is 1.73. The van der Waals surface area contributed by atoms with Crippen LogP contribution in [0.5, 0.6) is 0 Å². The summed E-state index contributed by atoms with van der Waals surface area (Å²) in [6.07, 6.45) is 2.77. The molecule has 0 bridgehead atoms. The van der Waals surface area contributed by atoms with Crippen LogP contribution in [0.4, 0.5) is 4.39 Å². The molecule has 136 valence electrons. The second-order valence-corrected chi connectivity index (χ2v) is 6.27. The van der Waals surface area contributed by atoms with Gasteiger partial charge in [0, 0.05) is 24.2 Å². The molecular weight excluding hydrogens is 450 g/mol. The number of halogens is 2. The Labute approximate surface area is 170 Å². The average Bonchev–Trinajstić information content (AvgIpc) is 2.62. The zero-order valence-electron chi connectivity index (χ0n) is 14.2. The molecule has 0 saturated carbocycles. The lowest BCUT2D eigenvalue weighted by Gasteiger charge is -2.11. The van der Waals surface area contributed by atoms with E-state index in [1.54, 1.807) is 18.0 Å². The van der Waals surface area contributed by atoms with Crippen molar-refractivity contribution in [1.82, 2.24) is 15.6 Å². The number of aliphatic imine (C=N–C) groups is 1. The van der Waals surface area contributed by atoms with Gasteiger partial charge < -0.3 is 10.6 Å². The predicted molar refractivity (Wildman–Crippen MR) is 114 cm³/mol. The highest BCUT2D eigenvalue weighted by Gasteiger charge is 1.99. The van der Waals surface area contributed by atoms with E-state index in [1.807, 2.05) is 37.3 Å². The van der Waals surface area contributed by atoms with Crippen LogP contribution >= 0.6 is 35.7 Å². The van der Waals surface area contributed by atoms with E-state index in [0.29, 0.717) is 6.54 Å². The van der Waals surface area contributed by atoms with E-state index in [0.717, 1.165) is 41.8 Å². The Hall–Kier alpha value is -1.35. The molecule has 4 nitrogen and oxygen atoms in total. The van der Waals surface area contributed by atoms with Gasteiger partial charge in [0.1, 0.15) is 5.82 Å². The third-order valence-corrected chi connectivity index (χ3v) is 4.26. The first-order valence-corrected chi connectivity index (χ1v) is 9.07. The van der Waals surface area contributed by atoms with Gasteiger partial charge in [-0.1, -0.05) is 6.07 Å². The van der Waals surface area contributed by atoms with Gasteiger partial charge in [-0.15, -0.1) is 35.7 Å². The Balaban J connectivity index is 0.00000312. The Morgan fingerprint density at radius 3 is 2.64 bits per heavy atom. The first kappa shape index (κ1) is 21.7. The van der Waals surface area contributed by atoms with Crippen LogP contribution < -0.4 is 10.6 Å². The summed E-state index contributed by atoms with van der Waals surface area (Å²) in [5.74, 6) is 1.58. The smallest absolute Gasteiger partial charge is 0.191 e. The number of benzene rings is 1. The lowest BCUT2D eigenvalue weighted by Crippen LogP contribution is -2.37. The first-order chi connectivity index (χ1) is 11.8. The number of aromatic nitrogens is 1. The number of hydrogen-bond acceptors (Lipinski definition) is 3. The van der Waals surface area contributed by atoms with E-state index in [2.05, 4.69) is 20.6 Å². The van der Waals surface area contributed by atoms with Crippen LogP contribution in [-0.2, 0) is 6.54 Å². The Morgan fingerprint density at radius 2 is 1.96 bits per heavy atom. The molecule has 0 fully saturated rings. The fraction of sp³-hybridized carbons (Fsp3) is 0.333. The highest BCUT2D eigenvalue weighted by molar-refractivity contribution is 14.0. The fourth-order valence-electron chi connectivity index (χ4n) is 1.99. The van der Waals surface area contributed by atoms with E-state index in [9.17, 15) is 4.39 Å². The van der Waals surface area contributed by atoms with Gasteiger partial charge in [0.2, 0.25) is 0 Å². The molecule has 0 aliphatic rings. The predicted octanol–water partition coefficient (Wildman–Crippen LogP) is 4.08. The molecule has 2 aromatic rings. The van der Waals surface area contributed by atoms with Gasteiger partial charge >= 0.3 is 0 Å². The van der Waals surface area contributed by atoms with E-state index in [-0.39, 0.29) is 29.8 Å². The first-order valence-electron chi connectivity index (χ1n) is 8.08. The number of thioether (sulfide) groups is 1. The molecule has 0 atom stereocenters. The van der Waals surface area contributed by atoms with Gasteiger partial charge in [-0.25, -0.2) is 9.38 Å². The summed E-state index contributed by atoms with van der Waals surface area (Å²) < 4.78 is 12.8. The van der Waals surface area contributed by atoms with Crippen molar-refractivity contribution >= 4 is 41.7 Å². The van der Waals surface area contributed by atoms with Crippen molar-refractivity contribution < 1.29 is 4.39 Å². The van der Waals surface area contributed by atoms with Gasteiger partial charge in [0.25, 0.3) is 0 Å². The van der Waals surface area contributed by atoms with Gasteiger partial charge in [0.15, 0.2) is 5.96 Å². The molecule has 7 heteroatoms. The maximum atomic E-state index is 12.8. The Kier molecular flexibility index (Phi) is 11.2. The van der Waals surface area contributed by atoms with Crippen LogP contribution in [0.25, 0.3) is 0 Å². The van der Waals surface area contributed by atoms with Crippen molar-refractivity contribution in [3.05, 3.63) is 60.2 Å². The summed E-state index contributed by atoms with van der Waals surface area (Å²) in [6, 6.07) is 12.4. The Morgan fingerprint density at radius 1 is 1.16 bits per heavy atom. The zero-order valence-corrected chi connectivity index (χ0v) is 17.4. The van der Waals surface area contributed by atoms with E-state index in [4.69, 9.17) is 0 Å². The Bertz CT molecular complexity index is 623. The summed E-state index contributed by atoms with van der Waals surface area (Å²) in [4.78, 5) is 9.89. The van der Waals surface area contributed by atoms with Crippen LogP contribution in [0.3, 0.4) is 0 Å². The lowest BCUT2D eigenvalue weighted by molar-refractivity contribution is 0.626. The monoisotopic (exact) mass is 474 g/mol. The molecular formula is C18H24FIN4S. The topological polar surface area (TPSA) is 49.3 Å². The normalized spacial score (nSPS) is 10.9. The van der Waals surface area contributed by atoms with Gasteiger partial charge in [-0.2, -0.15) is 0 Å². The summed E-state index contributed by atoms with van der Waals surface area (Å²) in [7, 11) is 0. The third-order valence-electron chi connectivity index (χ3n) is 3.17.